The molecule has 2 aliphatic heterocycles. The Kier molecular flexibility index (Phi) is 1.74. The van der Waals surface area contributed by atoms with Crippen molar-refractivity contribution < 1.29 is 14.6 Å². The van der Waals surface area contributed by atoms with E-state index in [-0.39, 0.29) is 4.32 Å². The average Bonchev–Trinajstić information content (AvgIpc) is 2.06. The molecule has 0 aromatic heterocycles. The van der Waals surface area contributed by atoms with Gasteiger partial charge in [-0.1, -0.05) is 15.9 Å². The molecule has 1 saturated carbocycles. The zero-order chi connectivity index (χ0) is 8.82. The van der Waals surface area contributed by atoms with Crippen LogP contribution in [0.15, 0.2) is 0 Å². The topological polar surface area (TPSA) is 46.5 Å². The van der Waals surface area contributed by atoms with Gasteiger partial charge in [0.1, 0.15) is 0 Å². The van der Waals surface area contributed by atoms with Gasteiger partial charge in [-0.15, -0.1) is 0 Å². The fourth-order valence-electron chi connectivity index (χ4n) is 1.93. The smallest absolute Gasteiger partial charge is 0.335 e. The van der Waals surface area contributed by atoms with E-state index in [0.717, 1.165) is 12.8 Å². The fraction of sp³-hybridized carbons (Fsp3) is 0.875. The second kappa shape index (κ2) is 2.45. The Hall–Kier alpha value is -0.0900. The molecule has 1 aliphatic carbocycles. The summed E-state index contributed by atoms with van der Waals surface area (Å²) in [6.07, 6.45) is 3.12. The molecule has 0 unspecified atom stereocenters. The van der Waals surface area contributed by atoms with Crippen LogP contribution in [0.2, 0.25) is 0 Å². The van der Waals surface area contributed by atoms with E-state index < -0.39 is 11.6 Å². The summed E-state index contributed by atoms with van der Waals surface area (Å²) in [7, 11) is 0. The molecule has 1 N–H and O–H groups in total. The molecule has 0 radical (unpaired) electrons. The molecule has 3 aliphatic rings. The molecule has 0 aromatic rings. The van der Waals surface area contributed by atoms with Crippen molar-refractivity contribution in [2.24, 2.45) is 0 Å². The molecule has 3 nitrogen and oxygen atoms in total. The summed E-state index contributed by atoms with van der Waals surface area (Å²) >= 11 is 3.59. The highest BCUT2D eigenvalue weighted by Gasteiger charge is 2.53. The third kappa shape index (κ3) is 1.09. The van der Waals surface area contributed by atoms with Crippen LogP contribution in [0.25, 0.3) is 0 Å². The Labute approximate surface area is 79.2 Å². The number of halogens is 1. The molecule has 0 amide bonds. The fourth-order valence-corrected chi connectivity index (χ4v) is 2.44. The van der Waals surface area contributed by atoms with Crippen LogP contribution < -0.4 is 0 Å². The zero-order valence-corrected chi connectivity index (χ0v) is 8.26. The quantitative estimate of drug-likeness (QED) is 0.701. The summed E-state index contributed by atoms with van der Waals surface area (Å²) in [5.74, 6) is -0.795. The first-order chi connectivity index (χ1) is 5.56. The van der Waals surface area contributed by atoms with Gasteiger partial charge in [-0.05, 0) is 25.7 Å². The molecule has 4 heteroatoms. The number of carboxylic acid groups (broad SMARTS) is 1. The van der Waals surface area contributed by atoms with E-state index in [1.54, 1.807) is 0 Å². The molecule has 68 valence electrons. The lowest BCUT2D eigenvalue weighted by molar-refractivity contribution is -0.185. The van der Waals surface area contributed by atoms with Crippen molar-refractivity contribution in [1.82, 2.24) is 0 Å². The Morgan fingerprint density at radius 2 is 1.92 bits per heavy atom. The van der Waals surface area contributed by atoms with Gasteiger partial charge in [0.15, 0.2) is 5.60 Å². The van der Waals surface area contributed by atoms with Crippen molar-refractivity contribution in [3.05, 3.63) is 0 Å². The summed E-state index contributed by atoms with van der Waals surface area (Å²) in [6.45, 7) is 0.541. The molecule has 2 bridgehead atoms. The molecule has 12 heavy (non-hydrogen) atoms. The maximum atomic E-state index is 10.9. The van der Waals surface area contributed by atoms with E-state index in [1.165, 1.54) is 0 Å². The molecular formula is C8H11BrO3. The third-order valence-corrected chi connectivity index (χ3v) is 3.97. The number of alkyl halides is 1. The highest BCUT2D eigenvalue weighted by molar-refractivity contribution is 9.10. The van der Waals surface area contributed by atoms with Crippen LogP contribution in [0.3, 0.4) is 0 Å². The van der Waals surface area contributed by atoms with Crippen LogP contribution in [-0.2, 0) is 9.53 Å². The van der Waals surface area contributed by atoms with Crippen molar-refractivity contribution in [3.63, 3.8) is 0 Å². The molecule has 0 spiro atoms. The van der Waals surface area contributed by atoms with Gasteiger partial charge in [-0.2, -0.15) is 0 Å². The monoisotopic (exact) mass is 234 g/mol. The number of ether oxygens (including phenoxy) is 1. The van der Waals surface area contributed by atoms with Gasteiger partial charge in [-0.25, -0.2) is 4.79 Å². The zero-order valence-electron chi connectivity index (χ0n) is 6.68. The standard InChI is InChI=1S/C8H11BrO3/c9-7-1-3-8(4-2-7,6(10)11)12-5-7/h1-5H2,(H,10,11). The molecule has 2 heterocycles. The second-order valence-corrected chi connectivity index (χ2v) is 5.42. The molecule has 0 atom stereocenters. The van der Waals surface area contributed by atoms with Crippen LogP contribution in [0.1, 0.15) is 25.7 Å². The van der Waals surface area contributed by atoms with Crippen LogP contribution in [0, 0.1) is 0 Å². The van der Waals surface area contributed by atoms with Gasteiger partial charge < -0.3 is 9.84 Å². The highest BCUT2D eigenvalue weighted by atomic mass is 79.9. The number of hydrogen-bond acceptors (Lipinski definition) is 2. The molecule has 3 rings (SSSR count). The maximum Gasteiger partial charge on any atom is 0.335 e. The van der Waals surface area contributed by atoms with Gasteiger partial charge in [0.25, 0.3) is 0 Å². The Morgan fingerprint density at radius 1 is 1.33 bits per heavy atom. The normalized spacial score (nSPS) is 46.1. The minimum absolute atomic E-state index is 0.0736. The van der Waals surface area contributed by atoms with Crippen LogP contribution in [-0.4, -0.2) is 27.6 Å². The van der Waals surface area contributed by atoms with Crippen LogP contribution in [0.4, 0.5) is 0 Å². The maximum absolute atomic E-state index is 10.9. The van der Waals surface area contributed by atoms with E-state index in [9.17, 15) is 4.79 Å². The van der Waals surface area contributed by atoms with Gasteiger partial charge in [-0.3, -0.25) is 0 Å². The largest absolute Gasteiger partial charge is 0.479 e. The molecule has 2 saturated heterocycles. The summed E-state index contributed by atoms with van der Waals surface area (Å²) in [6, 6.07) is 0. The van der Waals surface area contributed by atoms with Gasteiger partial charge in [0.05, 0.1) is 6.61 Å². The summed E-state index contributed by atoms with van der Waals surface area (Å²) in [5, 5.41) is 8.96. The molecule has 3 fully saturated rings. The lowest BCUT2D eigenvalue weighted by Gasteiger charge is -2.48. The lowest BCUT2D eigenvalue weighted by atomic mass is 9.76. The number of rotatable bonds is 1. The number of hydrogen-bond donors (Lipinski definition) is 1. The van der Waals surface area contributed by atoms with E-state index in [1.807, 2.05) is 0 Å². The first-order valence-electron chi connectivity index (χ1n) is 4.13. The summed E-state index contributed by atoms with van der Waals surface area (Å²) < 4.78 is 5.46. The van der Waals surface area contributed by atoms with E-state index in [2.05, 4.69) is 15.9 Å². The van der Waals surface area contributed by atoms with Gasteiger partial charge in [0, 0.05) is 4.32 Å². The number of fused-ring (bicyclic) bond motifs is 3. The minimum atomic E-state index is -0.852. The van der Waals surface area contributed by atoms with Crippen molar-refractivity contribution in [3.8, 4) is 0 Å². The Bertz CT molecular complexity index is 202. The van der Waals surface area contributed by atoms with Crippen molar-refractivity contribution in [2.75, 3.05) is 6.61 Å². The van der Waals surface area contributed by atoms with Crippen molar-refractivity contribution in [1.29, 1.82) is 0 Å². The Balaban J connectivity index is 2.20. The highest BCUT2D eigenvalue weighted by Crippen LogP contribution is 2.48. The minimum Gasteiger partial charge on any atom is -0.479 e. The first-order valence-corrected chi connectivity index (χ1v) is 4.92. The average molecular weight is 235 g/mol. The Morgan fingerprint density at radius 3 is 2.25 bits per heavy atom. The van der Waals surface area contributed by atoms with Crippen LogP contribution in [0.5, 0.6) is 0 Å². The molecular weight excluding hydrogens is 224 g/mol. The van der Waals surface area contributed by atoms with E-state index in [4.69, 9.17) is 9.84 Å². The van der Waals surface area contributed by atoms with Gasteiger partial charge in [0.2, 0.25) is 0 Å². The van der Waals surface area contributed by atoms with Gasteiger partial charge >= 0.3 is 5.97 Å². The summed E-state index contributed by atoms with van der Waals surface area (Å²) in [4.78, 5) is 10.9. The van der Waals surface area contributed by atoms with Crippen LogP contribution >= 0.6 is 15.9 Å². The van der Waals surface area contributed by atoms with Crippen molar-refractivity contribution in [2.45, 2.75) is 35.6 Å². The predicted octanol–water partition coefficient (Wildman–Crippen LogP) is 1.55. The predicted molar refractivity (Wildman–Crippen MR) is 46.4 cm³/mol. The van der Waals surface area contributed by atoms with Crippen molar-refractivity contribution >= 4 is 21.9 Å². The first kappa shape index (κ1) is 8.51. The molecule has 0 aromatic carbocycles. The second-order valence-electron chi connectivity index (χ2n) is 3.74. The number of aliphatic carboxylic acids is 1. The van der Waals surface area contributed by atoms with E-state index >= 15 is 0 Å². The number of carboxylic acids is 1. The number of carbonyl (C=O) groups is 1. The summed E-state index contributed by atoms with van der Waals surface area (Å²) in [5.41, 5.74) is -0.852. The SMILES string of the molecule is O=C(O)C12CCC(Br)(CC1)CO2. The van der Waals surface area contributed by atoms with E-state index in [0.29, 0.717) is 19.4 Å². The third-order valence-electron chi connectivity index (χ3n) is 2.95. The lowest BCUT2D eigenvalue weighted by Crippen LogP contribution is -2.56.